The summed E-state index contributed by atoms with van der Waals surface area (Å²) in [5.41, 5.74) is 1.33. The fraction of sp³-hybridized carbons (Fsp3) is 0.0952. The van der Waals surface area contributed by atoms with Gasteiger partial charge in [0.05, 0.1) is 11.1 Å². The van der Waals surface area contributed by atoms with E-state index in [0.717, 1.165) is 10.9 Å². The molecule has 132 valence electrons. The molecule has 0 saturated heterocycles. The largest absolute Gasteiger partial charge is 0.486 e. The summed E-state index contributed by atoms with van der Waals surface area (Å²) in [6, 6.07) is 18.5. The molecule has 0 unspecified atom stereocenters. The van der Waals surface area contributed by atoms with Crippen LogP contribution in [-0.2, 0) is 0 Å². The number of hydrogen-bond acceptors (Lipinski definition) is 5. The molecular weight excluding hydrogens is 342 g/mol. The smallest absolute Gasteiger partial charge is 0.280 e. The lowest BCUT2D eigenvalue weighted by molar-refractivity contribution is 0.171. The highest BCUT2D eigenvalue weighted by molar-refractivity contribution is 5.94. The summed E-state index contributed by atoms with van der Waals surface area (Å²) in [4.78, 5) is 17.2. The van der Waals surface area contributed by atoms with Gasteiger partial charge < -0.3 is 9.47 Å². The number of rotatable bonds is 2. The predicted molar refractivity (Wildman–Crippen MR) is 102 cm³/mol. The molecule has 1 aliphatic heterocycles. The van der Waals surface area contributed by atoms with E-state index < -0.39 is 0 Å². The van der Waals surface area contributed by atoms with E-state index >= 15 is 0 Å². The summed E-state index contributed by atoms with van der Waals surface area (Å²) < 4.78 is 12.6. The number of aromatic nitrogens is 3. The summed E-state index contributed by atoms with van der Waals surface area (Å²) in [5, 5.41) is 6.00. The number of hydrogen-bond donors (Lipinski definition) is 0. The highest BCUT2D eigenvalue weighted by Gasteiger charge is 2.17. The number of pyridine rings is 1. The topological polar surface area (TPSA) is 66.2 Å². The van der Waals surface area contributed by atoms with Crippen molar-refractivity contribution in [2.75, 3.05) is 13.2 Å². The average Bonchev–Trinajstić information content (AvgIpc) is 2.74. The van der Waals surface area contributed by atoms with Gasteiger partial charge in [0, 0.05) is 17.1 Å². The van der Waals surface area contributed by atoms with Crippen LogP contribution in [0.15, 0.2) is 71.7 Å². The van der Waals surface area contributed by atoms with E-state index in [2.05, 4.69) is 10.1 Å². The minimum atomic E-state index is -0.203. The summed E-state index contributed by atoms with van der Waals surface area (Å²) in [5.74, 6) is 1.87. The van der Waals surface area contributed by atoms with Crippen LogP contribution in [0.25, 0.3) is 27.8 Å². The summed E-state index contributed by atoms with van der Waals surface area (Å²) in [7, 11) is 0. The van der Waals surface area contributed by atoms with Crippen LogP contribution in [0.4, 0.5) is 0 Å². The van der Waals surface area contributed by atoms with Crippen LogP contribution >= 0.6 is 0 Å². The number of benzene rings is 2. The van der Waals surface area contributed by atoms with Gasteiger partial charge in [-0.15, -0.1) is 0 Å². The first-order valence-corrected chi connectivity index (χ1v) is 8.65. The lowest BCUT2D eigenvalue weighted by Gasteiger charge is -2.19. The van der Waals surface area contributed by atoms with E-state index in [4.69, 9.17) is 9.47 Å². The number of ether oxygens (including phenoxy) is 2. The standard InChI is InChI=1S/C21H15N3O3/c25-21-16-6-2-1-5-15(16)20(23-24(21)19-7-3-4-10-22-19)14-8-9-17-18(13-14)27-12-11-26-17/h1-10,13H,11-12H2. The van der Waals surface area contributed by atoms with Crippen molar-refractivity contribution in [1.82, 2.24) is 14.8 Å². The maximum Gasteiger partial charge on any atom is 0.280 e. The first-order valence-electron chi connectivity index (χ1n) is 8.65. The van der Waals surface area contributed by atoms with Gasteiger partial charge in [-0.25, -0.2) is 4.98 Å². The van der Waals surface area contributed by atoms with E-state index in [0.29, 0.717) is 41.6 Å². The van der Waals surface area contributed by atoms with Gasteiger partial charge in [-0.2, -0.15) is 9.78 Å². The second-order valence-electron chi connectivity index (χ2n) is 6.16. The maximum absolute atomic E-state index is 13.0. The molecule has 0 N–H and O–H groups in total. The van der Waals surface area contributed by atoms with Crippen molar-refractivity contribution in [3.8, 4) is 28.6 Å². The Labute approximate surface area is 154 Å². The Hall–Kier alpha value is -3.67. The fourth-order valence-corrected chi connectivity index (χ4v) is 3.23. The Morgan fingerprint density at radius 3 is 2.44 bits per heavy atom. The van der Waals surface area contributed by atoms with Gasteiger partial charge in [0.15, 0.2) is 17.3 Å². The molecule has 3 heterocycles. The zero-order chi connectivity index (χ0) is 18.2. The van der Waals surface area contributed by atoms with Crippen LogP contribution in [0.5, 0.6) is 11.5 Å². The molecule has 0 bridgehead atoms. The SMILES string of the molecule is O=c1c2ccccc2c(-c2ccc3c(c2)OCCO3)nn1-c1ccccn1. The lowest BCUT2D eigenvalue weighted by Crippen LogP contribution is -2.23. The van der Waals surface area contributed by atoms with Crippen molar-refractivity contribution < 1.29 is 9.47 Å². The van der Waals surface area contributed by atoms with Gasteiger partial charge in [0.2, 0.25) is 0 Å². The third-order valence-corrected chi connectivity index (χ3v) is 4.49. The quantitative estimate of drug-likeness (QED) is 0.551. The van der Waals surface area contributed by atoms with Crippen LogP contribution in [0.1, 0.15) is 0 Å². The lowest BCUT2D eigenvalue weighted by atomic mass is 10.0. The Morgan fingerprint density at radius 1 is 0.852 bits per heavy atom. The second-order valence-corrected chi connectivity index (χ2v) is 6.16. The Bertz CT molecular complexity index is 1200. The Balaban J connectivity index is 1.79. The molecule has 6 nitrogen and oxygen atoms in total. The van der Waals surface area contributed by atoms with E-state index in [9.17, 15) is 4.79 Å². The molecular formula is C21H15N3O3. The summed E-state index contributed by atoms with van der Waals surface area (Å²) >= 11 is 0. The maximum atomic E-state index is 13.0. The third kappa shape index (κ3) is 2.62. The highest BCUT2D eigenvalue weighted by atomic mass is 16.6. The highest BCUT2D eigenvalue weighted by Crippen LogP contribution is 2.35. The first-order chi connectivity index (χ1) is 13.3. The molecule has 0 atom stereocenters. The number of fused-ring (bicyclic) bond motifs is 2. The van der Waals surface area contributed by atoms with Crippen LogP contribution in [0.2, 0.25) is 0 Å². The van der Waals surface area contributed by atoms with Crippen molar-refractivity contribution in [1.29, 1.82) is 0 Å². The van der Waals surface area contributed by atoms with Gasteiger partial charge in [-0.05, 0) is 36.4 Å². The molecule has 0 radical (unpaired) electrons. The van der Waals surface area contributed by atoms with Gasteiger partial charge in [0.25, 0.3) is 5.56 Å². The molecule has 0 saturated carbocycles. The van der Waals surface area contributed by atoms with Crippen molar-refractivity contribution in [2.45, 2.75) is 0 Å². The van der Waals surface area contributed by atoms with Crippen molar-refractivity contribution in [2.24, 2.45) is 0 Å². The van der Waals surface area contributed by atoms with Crippen LogP contribution < -0.4 is 15.0 Å². The van der Waals surface area contributed by atoms with Crippen molar-refractivity contribution >= 4 is 10.8 Å². The average molecular weight is 357 g/mol. The Morgan fingerprint density at radius 2 is 1.63 bits per heavy atom. The minimum absolute atomic E-state index is 0.203. The molecule has 27 heavy (non-hydrogen) atoms. The monoisotopic (exact) mass is 357 g/mol. The summed E-state index contributed by atoms with van der Waals surface area (Å²) in [6.45, 7) is 1.05. The fourth-order valence-electron chi connectivity index (χ4n) is 3.23. The zero-order valence-corrected chi connectivity index (χ0v) is 14.3. The number of nitrogens with zero attached hydrogens (tertiary/aromatic N) is 3. The first kappa shape index (κ1) is 15.6. The van der Waals surface area contributed by atoms with Crippen LogP contribution in [0, 0.1) is 0 Å². The third-order valence-electron chi connectivity index (χ3n) is 4.49. The molecule has 2 aromatic carbocycles. The van der Waals surface area contributed by atoms with E-state index in [-0.39, 0.29) is 5.56 Å². The second kappa shape index (κ2) is 6.25. The molecule has 1 aliphatic rings. The molecule has 4 aromatic rings. The van der Waals surface area contributed by atoms with Gasteiger partial charge >= 0.3 is 0 Å². The molecule has 6 heteroatoms. The van der Waals surface area contributed by atoms with Crippen molar-refractivity contribution in [3.63, 3.8) is 0 Å². The Kier molecular flexibility index (Phi) is 3.60. The van der Waals surface area contributed by atoms with Crippen LogP contribution in [-0.4, -0.2) is 28.0 Å². The predicted octanol–water partition coefficient (Wildman–Crippen LogP) is 3.22. The van der Waals surface area contributed by atoms with Crippen LogP contribution in [0.3, 0.4) is 0 Å². The molecule has 5 rings (SSSR count). The molecule has 0 amide bonds. The molecule has 0 aliphatic carbocycles. The van der Waals surface area contributed by atoms with E-state index in [1.807, 2.05) is 42.5 Å². The van der Waals surface area contributed by atoms with E-state index in [1.54, 1.807) is 24.4 Å². The molecule has 0 spiro atoms. The van der Waals surface area contributed by atoms with Crippen molar-refractivity contribution in [3.05, 3.63) is 77.2 Å². The minimum Gasteiger partial charge on any atom is -0.486 e. The van der Waals surface area contributed by atoms with Gasteiger partial charge in [-0.3, -0.25) is 4.79 Å². The summed E-state index contributed by atoms with van der Waals surface area (Å²) in [6.07, 6.45) is 1.64. The zero-order valence-electron chi connectivity index (χ0n) is 14.3. The van der Waals surface area contributed by atoms with E-state index in [1.165, 1.54) is 4.68 Å². The van der Waals surface area contributed by atoms with Gasteiger partial charge in [-0.1, -0.05) is 24.3 Å². The normalized spacial score (nSPS) is 12.9. The molecule has 2 aromatic heterocycles. The van der Waals surface area contributed by atoms with Gasteiger partial charge in [0.1, 0.15) is 13.2 Å². The molecule has 0 fully saturated rings.